The van der Waals surface area contributed by atoms with E-state index in [-0.39, 0.29) is 0 Å². The SMILES string of the molecule is CCCN.CNc1cc[nH+]cc1. The summed E-state index contributed by atoms with van der Waals surface area (Å²) in [6, 6.07) is 3.94. The summed E-state index contributed by atoms with van der Waals surface area (Å²) in [4.78, 5) is 2.93. The third-order valence-corrected chi connectivity index (χ3v) is 1.30. The number of aromatic amines is 1. The third kappa shape index (κ3) is 5.68. The largest absolute Gasteiger partial charge is 0.388 e. The predicted octanol–water partition coefficient (Wildman–Crippen LogP) is 0.897. The van der Waals surface area contributed by atoms with Crippen molar-refractivity contribution in [2.75, 3.05) is 18.9 Å². The molecular formula is C9H18N3+. The number of anilines is 1. The zero-order valence-electron chi connectivity index (χ0n) is 7.80. The molecule has 12 heavy (non-hydrogen) atoms. The van der Waals surface area contributed by atoms with Crippen molar-refractivity contribution in [3.8, 4) is 0 Å². The van der Waals surface area contributed by atoms with E-state index in [1.54, 1.807) is 0 Å². The van der Waals surface area contributed by atoms with Gasteiger partial charge in [0.2, 0.25) is 0 Å². The topological polar surface area (TPSA) is 52.2 Å². The van der Waals surface area contributed by atoms with Gasteiger partial charge in [0.05, 0.1) is 0 Å². The lowest BCUT2D eigenvalue weighted by atomic mass is 10.4. The Morgan fingerprint density at radius 1 is 1.42 bits per heavy atom. The highest BCUT2D eigenvalue weighted by Gasteiger charge is 1.83. The van der Waals surface area contributed by atoms with Crippen molar-refractivity contribution in [2.24, 2.45) is 5.73 Å². The molecule has 0 aliphatic rings. The minimum absolute atomic E-state index is 0.819. The zero-order chi connectivity index (χ0) is 9.23. The van der Waals surface area contributed by atoms with Gasteiger partial charge in [-0.15, -0.1) is 0 Å². The van der Waals surface area contributed by atoms with E-state index in [0.29, 0.717) is 0 Å². The van der Waals surface area contributed by atoms with Gasteiger partial charge in [-0.2, -0.15) is 0 Å². The average molecular weight is 168 g/mol. The minimum atomic E-state index is 0.819. The first-order valence-electron chi connectivity index (χ1n) is 4.19. The molecule has 0 bridgehead atoms. The maximum atomic E-state index is 5.03. The van der Waals surface area contributed by atoms with Gasteiger partial charge in [0.15, 0.2) is 12.4 Å². The van der Waals surface area contributed by atoms with Crippen molar-refractivity contribution in [1.29, 1.82) is 0 Å². The first-order chi connectivity index (χ1) is 5.85. The van der Waals surface area contributed by atoms with E-state index in [4.69, 9.17) is 5.73 Å². The Bertz CT molecular complexity index is 172. The summed E-state index contributed by atoms with van der Waals surface area (Å²) in [5.74, 6) is 0. The molecule has 0 fully saturated rings. The van der Waals surface area contributed by atoms with E-state index in [9.17, 15) is 0 Å². The molecule has 0 unspecified atom stereocenters. The molecule has 0 atom stereocenters. The zero-order valence-corrected chi connectivity index (χ0v) is 7.80. The summed E-state index contributed by atoms with van der Waals surface area (Å²) in [6.07, 6.45) is 4.86. The summed E-state index contributed by atoms with van der Waals surface area (Å²) in [5, 5.41) is 3.01. The molecule has 0 radical (unpaired) electrons. The fourth-order valence-corrected chi connectivity index (χ4v) is 0.554. The van der Waals surface area contributed by atoms with Gasteiger partial charge in [-0.25, -0.2) is 4.98 Å². The molecular weight excluding hydrogens is 150 g/mol. The molecule has 0 saturated carbocycles. The number of aromatic nitrogens is 1. The van der Waals surface area contributed by atoms with Crippen molar-refractivity contribution in [1.82, 2.24) is 0 Å². The van der Waals surface area contributed by atoms with E-state index >= 15 is 0 Å². The van der Waals surface area contributed by atoms with Gasteiger partial charge in [0, 0.05) is 24.9 Å². The highest BCUT2D eigenvalue weighted by molar-refractivity contribution is 5.38. The lowest BCUT2D eigenvalue weighted by molar-refractivity contribution is -0.377. The van der Waals surface area contributed by atoms with Crippen LogP contribution in [0.4, 0.5) is 5.69 Å². The first kappa shape index (κ1) is 10.9. The molecule has 0 amide bonds. The second-order valence-corrected chi connectivity index (χ2v) is 2.33. The van der Waals surface area contributed by atoms with Gasteiger partial charge in [-0.05, 0) is 13.0 Å². The average Bonchev–Trinajstić information content (AvgIpc) is 2.19. The fraction of sp³-hybridized carbons (Fsp3) is 0.444. The van der Waals surface area contributed by atoms with Gasteiger partial charge >= 0.3 is 0 Å². The van der Waals surface area contributed by atoms with Crippen LogP contribution >= 0.6 is 0 Å². The highest BCUT2D eigenvalue weighted by Crippen LogP contribution is 1.97. The molecule has 0 aliphatic heterocycles. The second kappa shape index (κ2) is 8.01. The molecule has 0 saturated heterocycles. The maximum absolute atomic E-state index is 5.03. The Morgan fingerprint density at radius 2 is 1.92 bits per heavy atom. The van der Waals surface area contributed by atoms with Crippen LogP contribution in [0.1, 0.15) is 13.3 Å². The summed E-state index contributed by atoms with van der Waals surface area (Å²) in [7, 11) is 1.90. The standard InChI is InChI=1S/C6H8N2.C3H9N/c1-7-6-2-4-8-5-3-6;1-2-3-4/h2-5H,1H3,(H,7,8);2-4H2,1H3/p+1. The van der Waals surface area contributed by atoms with Crippen molar-refractivity contribution in [3.05, 3.63) is 24.5 Å². The van der Waals surface area contributed by atoms with Crippen LogP contribution in [0, 0.1) is 0 Å². The molecule has 0 aromatic carbocycles. The number of nitrogens with two attached hydrogens (primary N) is 1. The number of pyridine rings is 1. The molecule has 0 spiro atoms. The summed E-state index contributed by atoms with van der Waals surface area (Å²) in [6.45, 7) is 2.88. The minimum Gasteiger partial charge on any atom is -0.388 e. The molecule has 4 N–H and O–H groups in total. The highest BCUT2D eigenvalue weighted by atomic mass is 14.8. The van der Waals surface area contributed by atoms with Crippen molar-refractivity contribution in [2.45, 2.75) is 13.3 Å². The smallest absolute Gasteiger partial charge is 0.169 e. The van der Waals surface area contributed by atoms with Crippen LogP contribution in [0.15, 0.2) is 24.5 Å². The number of hydrogen-bond donors (Lipinski definition) is 2. The Balaban J connectivity index is 0.000000261. The monoisotopic (exact) mass is 168 g/mol. The first-order valence-corrected chi connectivity index (χ1v) is 4.19. The summed E-state index contributed by atoms with van der Waals surface area (Å²) < 4.78 is 0. The molecule has 3 nitrogen and oxygen atoms in total. The van der Waals surface area contributed by atoms with Crippen molar-refractivity contribution in [3.63, 3.8) is 0 Å². The van der Waals surface area contributed by atoms with Crippen LogP contribution in [-0.4, -0.2) is 13.6 Å². The van der Waals surface area contributed by atoms with Crippen LogP contribution in [0.5, 0.6) is 0 Å². The Labute approximate surface area is 74.0 Å². The lowest BCUT2D eigenvalue weighted by Crippen LogP contribution is -1.98. The molecule has 68 valence electrons. The lowest BCUT2D eigenvalue weighted by Gasteiger charge is -1.90. The predicted molar refractivity (Wildman–Crippen MR) is 51.9 cm³/mol. The molecule has 1 heterocycles. The Kier molecular flexibility index (Phi) is 7.28. The number of rotatable bonds is 2. The van der Waals surface area contributed by atoms with E-state index < -0.39 is 0 Å². The molecule has 3 heteroatoms. The normalized spacial score (nSPS) is 8.25. The molecule has 1 aromatic rings. The Morgan fingerprint density at radius 3 is 2.17 bits per heavy atom. The van der Waals surface area contributed by atoms with Gasteiger partial charge in [-0.1, -0.05) is 6.92 Å². The van der Waals surface area contributed by atoms with E-state index in [2.05, 4.69) is 17.2 Å². The fourth-order valence-electron chi connectivity index (χ4n) is 0.554. The quantitative estimate of drug-likeness (QED) is 0.689. The summed E-state index contributed by atoms with van der Waals surface area (Å²) in [5.41, 5.74) is 6.16. The van der Waals surface area contributed by atoms with Crippen LogP contribution < -0.4 is 16.0 Å². The number of hydrogen-bond acceptors (Lipinski definition) is 2. The van der Waals surface area contributed by atoms with Crippen molar-refractivity contribution >= 4 is 5.69 Å². The maximum Gasteiger partial charge on any atom is 0.169 e. The second-order valence-electron chi connectivity index (χ2n) is 2.33. The van der Waals surface area contributed by atoms with Gasteiger partial charge < -0.3 is 11.1 Å². The van der Waals surface area contributed by atoms with Crippen LogP contribution in [0.25, 0.3) is 0 Å². The van der Waals surface area contributed by atoms with Crippen LogP contribution in [-0.2, 0) is 0 Å². The number of H-pyrrole nitrogens is 1. The Hall–Kier alpha value is -1.09. The molecule has 0 aliphatic carbocycles. The van der Waals surface area contributed by atoms with Gasteiger partial charge in [-0.3, -0.25) is 0 Å². The van der Waals surface area contributed by atoms with Gasteiger partial charge in [0.1, 0.15) is 0 Å². The summed E-state index contributed by atoms with van der Waals surface area (Å²) >= 11 is 0. The third-order valence-electron chi connectivity index (χ3n) is 1.30. The van der Waals surface area contributed by atoms with Gasteiger partial charge in [0.25, 0.3) is 0 Å². The number of nitrogens with one attached hydrogen (secondary N) is 2. The molecule has 1 aromatic heterocycles. The van der Waals surface area contributed by atoms with Crippen LogP contribution in [0.2, 0.25) is 0 Å². The van der Waals surface area contributed by atoms with E-state index in [1.165, 1.54) is 0 Å². The van der Waals surface area contributed by atoms with Crippen LogP contribution in [0.3, 0.4) is 0 Å². The molecule has 1 rings (SSSR count). The van der Waals surface area contributed by atoms with Crippen molar-refractivity contribution < 1.29 is 4.98 Å². The van der Waals surface area contributed by atoms with E-state index in [0.717, 1.165) is 18.7 Å². The van der Waals surface area contributed by atoms with E-state index in [1.807, 2.05) is 31.6 Å².